The number of amides is 1. The summed E-state index contributed by atoms with van der Waals surface area (Å²) in [7, 11) is -2.10. The summed E-state index contributed by atoms with van der Waals surface area (Å²) in [6.07, 6.45) is 2.21. The Labute approximate surface area is 166 Å². The van der Waals surface area contributed by atoms with E-state index >= 15 is 0 Å². The standard InChI is InChI=1S/C21H26N2O4S/c1-4-20(16-7-9-18(27-3)10-8-16)22-28(25,26)19-11-12-21-17(14-19)6-5-13-23(21)15(2)24/h7-12,14,20,22H,4-6,13H2,1-3H3. The van der Waals surface area contributed by atoms with E-state index in [1.165, 1.54) is 6.92 Å². The molecule has 0 bridgehead atoms. The van der Waals surface area contributed by atoms with Gasteiger partial charge in [0.25, 0.3) is 0 Å². The van der Waals surface area contributed by atoms with Crippen molar-refractivity contribution >= 4 is 21.6 Å². The number of nitrogens with one attached hydrogen (secondary N) is 1. The van der Waals surface area contributed by atoms with Crippen LogP contribution in [-0.4, -0.2) is 28.0 Å². The average Bonchev–Trinajstić information content (AvgIpc) is 2.71. The molecule has 2 aromatic rings. The number of carbonyl (C=O) groups excluding carboxylic acids is 1. The van der Waals surface area contributed by atoms with Crippen molar-refractivity contribution in [3.05, 3.63) is 53.6 Å². The van der Waals surface area contributed by atoms with Gasteiger partial charge in [0.1, 0.15) is 5.75 Å². The van der Waals surface area contributed by atoms with Crippen LogP contribution in [0.5, 0.6) is 5.75 Å². The number of fused-ring (bicyclic) bond motifs is 1. The van der Waals surface area contributed by atoms with E-state index in [1.54, 1.807) is 30.2 Å². The number of hydrogen-bond acceptors (Lipinski definition) is 4. The molecule has 0 fully saturated rings. The van der Waals surface area contributed by atoms with Crippen LogP contribution >= 0.6 is 0 Å². The Morgan fingerprint density at radius 3 is 2.54 bits per heavy atom. The fourth-order valence-corrected chi connectivity index (χ4v) is 4.90. The smallest absolute Gasteiger partial charge is 0.241 e. The van der Waals surface area contributed by atoms with Crippen LogP contribution in [0, 0.1) is 0 Å². The first-order valence-corrected chi connectivity index (χ1v) is 10.9. The van der Waals surface area contributed by atoms with Crippen LogP contribution in [0.25, 0.3) is 0 Å². The number of benzene rings is 2. The molecule has 0 aliphatic carbocycles. The lowest BCUT2D eigenvalue weighted by molar-refractivity contribution is -0.116. The molecule has 28 heavy (non-hydrogen) atoms. The second-order valence-corrected chi connectivity index (χ2v) is 8.63. The Kier molecular flexibility index (Phi) is 6.05. The Morgan fingerprint density at radius 2 is 1.93 bits per heavy atom. The average molecular weight is 403 g/mol. The maximum absolute atomic E-state index is 13.0. The second kappa shape index (κ2) is 8.32. The van der Waals surface area contributed by atoms with E-state index in [4.69, 9.17) is 4.74 Å². The Balaban J connectivity index is 1.86. The molecule has 1 heterocycles. The van der Waals surface area contributed by atoms with Crippen LogP contribution in [0.2, 0.25) is 0 Å². The minimum Gasteiger partial charge on any atom is -0.497 e. The number of rotatable bonds is 6. The molecule has 0 saturated carbocycles. The Hall–Kier alpha value is -2.38. The zero-order valence-corrected chi connectivity index (χ0v) is 17.3. The van der Waals surface area contributed by atoms with Gasteiger partial charge in [-0.2, -0.15) is 0 Å². The molecular formula is C21H26N2O4S. The van der Waals surface area contributed by atoms with Gasteiger partial charge < -0.3 is 9.64 Å². The van der Waals surface area contributed by atoms with E-state index in [0.29, 0.717) is 13.0 Å². The van der Waals surface area contributed by atoms with Crippen molar-refractivity contribution in [3.8, 4) is 5.75 Å². The predicted molar refractivity (Wildman–Crippen MR) is 109 cm³/mol. The number of sulfonamides is 1. The number of carbonyl (C=O) groups is 1. The molecule has 150 valence electrons. The summed E-state index contributed by atoms with van der Waals surface area (Å²) >= 11 is 0. The monoisotopic (exact) mass is 402 g/mol. The third kappa shape index (κ3) is 4.20. The van der Waals surface area contributed by atoms with Crippen molar-refractivity contribution in [1.29, 1.82) is 0 Å². The van der Waals surface area contributed by atoms with Crippen LogP contribution in [0.15, 0.2) is 47.4 Å². The van der Waals surface area contributed by atoms with Gasteiger partial charge in [-0.3, -0.25) is 4.79 Å². The normalized spacial score (nSPS) is 15.0. The van der Waals surface area contributed by atoms with Crippen molar-refractivity contribution in [1.82, 2.24) is 4.72 Å². The van der Waals surface area contributed by atoms with Crippen LogP contribution in [-0.2, 0) is 21.2 Å². The van der Waals surface area contributed by atoms with Gasteiger partial charge in [-0.1, -0.05) is 19.1 Å². The van der Waals surface area contributed by atoms with E-state index < -0.39 is 10.0 Å². The quantitative estimate of drug-likeness (QED) is 0.803. The predicted octanol–water partition coefficient (Wildman–Crippen LogP) is 3.42. The summed E-state index contributed by atoms with van der Waals surface area (Å²) in [5, 5.41) is 0. The molecule has 1 N–H and O–H groups in total. The van der Waals surface area contributed by atoms with E-state index in [9.17, 15) is 13.2 Å². The number of anilines is 1. The molecule has 2 aromatic carbocycles. The Bertz CT molecular complexity index is 955. The van der Waals surface area contributed by atoms with Crippen molar-refractivity contribution in [2.45, 2.75) is 44.0 Å². The minimum absolute atomic E-state index is 0.0276. The largest absolute Gasteiger partial charge is 0.497 e. The first-order chi connectivity index (χ1) is 13.4. The third-order valence-electron chi connectivity index (χ3n) is 5.08. The highest BCUT2D eigenvalue weighted by atomic mass is 32.2. The molecular weight excluding hydrogens is 376 g/mol. The van der Waals surface area contributed by atoms with Crippen molar-refractivity contribution in [2.75, 3.05) is 18.6 Å². The summed E-state index contributed by atoms with van der Waals surface area (Å²) in [5.74, 6) is 0.700. The lowest BCUT2D eigenvalue weighted by atomic mass is 10.0. The van der Waals surface area contributed by atoms with Gasteiger partial charge in [-0.25, -0.2) is 13.1 Å². The zero-order valence-electron chi connectivity index (χ0n) is 16.4. The first-order valence-electron chi connectivity index (χ1n) is 9.43. The Morgan fingerprint density at radius 1 is 1.21 bits per heavy atom. The summed E-state index contributed by atoms with van der Waals surface area (Å²) in [4.78, 5) is 13.7. The highest BCUT2D eigenvalue weighted by Gasteiger charge is 2.25. The molecule has 7 heteroatoms. The lowest BCUT2D eigenvalue weighted by Gasteiger charge is -2.29. The fraction of sp³-hybridized carbons (Fsp3) is 0.381. The third-order valence-corrected chi connectivity index (χ3v) is 6.55. The molecule has 1 amide bonds. The van der Waals surface area contributed by atoms with Crippen molar-refractivity contribution < 1.29 is 17.9 Å². The zero-order chi connectivity index (χ0) is 20.3. The molecule has 6 nitrogen and oxygen atoms in total. The van der Waals surface area contributed by atoms with Gasteiger partial charge in [0.05, 0.1) is 12.0 Å². The molecule has 0 aromatic heterocycles. The van der Waals surface area contributed by atoms with Crippen LogP contribution in [0.1, 0.15) is 43.9 Å². The molecule has 0 saturated heterocycles. The van der Waals surface area contributed by atoms with Gasteiger partial charge >= 0.3 is 0 Å². The van der Waals surface area contributed by atoms with Gasteiger partial charge in [0, 0.05) is 25.2 Å². The number of methoxy groups -OCH3 is 1. The van der Waals surface area contributed by atoms with Crippen molar-refractivity contribution in [2.24, 2.45) is 0 Å². The van der Waals surface area contributed by atoms with E-state index in [2.05, 4.69) is 4.72 Å². The molecule has 1 aliphatic heterocycles. The lowest BCUT2D eigenvalue weighted by Crippen LogP contribution is -2.34. The second-order valence-electron chi connectivity index (χ2n) is 6.92. The number of nitrogens with zero attached hydrogens (tertiary/aromatic N) is 1. The maximum Gasteiger partial charge on any atom is 0.241 e. The van der Waals surface area contributed by atoms with Gasteiger partial charge in [-0.05, 0) is 60.7 Å². The molecule has 1 aliphatic rings. The SMILES string of the molecule is CCC(NS(=O)(=O)c1ccc2c(c1)CCCN2C(C)=O)c1ccc(OC)cc1. The molecule has 3 rings (SSSR count). The van der Waals surface area contributed by atoms with E-state index in [1.807, 2.05) is 31.2 Å². The summed E-state index contributed by atoms with van der Waals surface area (Å²) in [6, 6.07) is 12.0. The number of aryl methyl sites for hydroxylation is 1. The minimum atomic E-state index is -3.69. The van der Waals surface area contributed by atoms with Gasteiger partial charge in [-0.15, -0.1) is 0 Å². The molecule has 1 atom stereocenters. The summed E-state index contributed by atoms with van der Waals surface area (Å²) in [6.45, 7) is 4.14. The summed E-state index contributed by atoms with van der Waals surface area (Å²) < 4.78 is 33.9. The van der Waals surface area contributed by atoms with Crippen LogP contribution in [0.4, 0.5) is 5.69 Å². The van der Waals surface area contributed by atoms with E-state index in [-0.39, 0.29) is 16.8 Å². The number of hydrogen-bond donors (Lipinski definition) is 1. The topological polar surface area (TPSA) is 75.7 Å². The molecule has 1 unspecified atom stereocenters. The number of ether oxygens (including phenoxy) is 1. The molecule has 0 spiro atoms. The summed E-state index contributed by atoms with van der Waals surface area (Å²) in [5.41, 5.74) is 2.58. The van der Waals surface area contributed by atoms with E-state index in [0.717, 1.165) is 35.4 Å². The van der Waals surface area contributed by atoms with Gasteiger partial charge in [0.2, 0.25) is 15.9 Å². The maximum atomic E-state index is 13.0. The molecule has 0 radical (unpaired) electrons. The highest BCUT2D eigenvalue weighted by molar-refractivity contribution is 7.89. The van der Waals surface area contributed by atoms with Crippen molar-refractivity contribution in [3.63, 3.8) is 0 Å². The van der Waals surface area contributed by atoms with Gasteiger partial charge in [0.15, 0.2) is 0 Å². The fourth-order valence-electron chi connectivity index (χ4n) is 3.55. The van der Waals surface area contributed by atoms with Crippen LogP contribution in [0.3, 0.4) is 0 Å². The first kappa shape index (κ1) is 20.4. The highest BCUT2D eigenvalue weighted by Crippen LogP contribution is 2.30. The van der Waals surface area contributed by atoms with Crippen LogP contribution < -0.4 is 14.4 Å².